The number of halogens is 1. The number of aliphatic hydroxyl groups excluding tert-OH is 1. The number of hydrogen-bond acceptors (Lipinski definition) is 3. The zero-order chi connectivity index (χ0) is 14.0. The van der Waals surface area contributed by atoms with Gasteiger partial charge < -0.3 is 16.2 Å². The van der Waals surface area contributed by atoms with E-state index < -0.39 is 0 Å². The number of nitrogen functional groups attached to an aromatic ring is 1. The van der Waals surface area contributed by atoms with Crippen LogP contribution in [0.3, 0.4) is 0 Å². The molecule has 2 unspecified atom stereocenters. The molecule has 0 aliphatic heterocycles. The third-order valence-corrected chi connectivity index (χ3v) is 4.26. The van der Waals surface area contributed by atoms with Crippen molar-refractivity contribution in [3.8, 4) is 0 Å². The molecule has 2 rings (SSSR count). The Bertz CT molecular complexity index is 491. The number of benzene rings is 1. The maximum atomic E-state index is 12.2. The van der Waals surface area contributed by atoms with Crippen LogP contribution in [0.2, 0.25) is 0 Å². The van der Waals surface area contributed by atoms with Gasteiger partial charge in [0, 0.05) is 28.2 Å². The van der Waals surface area contributed by atoms with E-state index in [-0.39, 0.29) is 17.9 Å². The number of anilines is 1. The minimum absolute atomic E-state index is 0.135. The summed E-state index contributed by atoms with van der Waals surface area (Å²) in [6.45, 7) is 2.35. The van der Waals surface area contributed by atoms with E-state index in [4.69, 9.17) is 5.73 Å². The molecule has 4 N–H and O–H groups in total. The first-order valence-corrected chi connectivity index (χ1v) is 7.30. The predicted molar refractivity (Wildman–Crippen MR) is 79.0 cm³/mol. The summed E-state index contributed by atoms with van der Waals surface area (Å²) < 4.78 is 0.793. The second-order valence-electron chi connectivity index (χ2n) is 5.14. The van der Waals surface area contributed by atoms with Crippen molar-refractivity contribution in [3.63, 3.8) is 0 Å². The summed E-state index contributed by atoms with van der Waals surface area (Å²) in [4.78, 5) is 12.2. The van der Waals surface area contributed by atoms with Crippen LogP contribution < -0.4 is 11.1 Å². The second-order valence-corrected chi connectivity index (χ2v) is 6.05. The van der Waals surface area contributed by atoms with Gasteiger partial charge in [-0.3, -0.25) is 4.79 Å². The summed E-state index contributed by atoms with van der Waals surface area (Å²) in [7, 11) is 0. The summed E-state index contributed by atoms with van der Waals surface area (Å²) in [5, 5.41) is 12.6. The van der Waals surface area contributed by atoms with Gasteiger partial charge in [0.15, 0.2) is 0 Å². The lowest BCUT2D eigenvalue weighted by Gasteiger charge is -2.16. The highest BCUT2D eigenvalue weighted by Gasteiger charge is 2.25. The van der Waals surface area contributed by atoms with E-state index in [2.05, 4.69) is 21.2 Å². The van der Waals surface area contributed by atoms with Crippen LogP contribution in [0.4, 0.5) is 5.69 Å². The fourth-order valence-corrected chi connectivity index (χ4v) is 2.99. The van der Waals surface area contributed by atoms with E-state index in [0.717, 1.165) is 29.3 Å². The third-order valence-electron chi connectivity index (χ3n) is 3.80. The molecule has 1 aliphatic rings. The second kappa shape index (κ2) is 5.92. The third kappa shape index (κ3) is 3.28. The van der Waals surface area contributed by atoms with Crippen LogP contribution in [0.15, 0.2) is 16.6 Å². The van der Waals surface area contributed by atoms with Gasteiger partial charge in [-0.15, -0.1) is 0 Å². The molecule has 0 radical (unpaired) electrons. The van der Waals surface area contributed by atoms with Crippen LogP contribution in [0.5, 0.6) is 0 Å². The zero-order valence-electron chi connectivity index (χ0n) is 10.9. The molecule has 19 heavy (non-hydrogen) atoms. The molecule has 0 heterocycles. The van der Waals surface area contributed by atoms with Gasteiger partial charge in [0.2, 0.25) is 0 Å². The van der Waals surface area contributed by atoms with Gasteiger partial charge in [-0.1, -0.05) is 22.4 Å². The maximum absolute atomic E-state index is 12.2. The highest BCUT2D eigenvalue weighted by molar-refractivity contribution is 9.10. The molecule has 1 aliphatic carbocycles. The Morgan fingerprint density at radius 3 is 2.89 bits per heavy atom. The Hall–Kier alpha value is -1.07. The number of amides is 1. The van der Waals surface area contributed by atoms with E-state index in [0.29, 0.717) is 17.8 Å². The van der Waals surface area contributed by atoms with Crippen LogP contribution in [0, 0.1) is 12.8 Å². The van der Waals surface area contributed by atoms with Crippen molar-refractivity contribution in [1.82, 2.24) is 5.32 Å². The minimum atomic E-state index is -0.283. The Kier molecular flexibility index (Phi) is 4.47. The first kappa shape index (κ1) is 14.3. The zero-order valence-corrected chi connectivity index (χ0v) is 12.5. The Balaban J connectivity index is 2.04. The number of nitrogens with one attached hydrogen (secondary N) is 1. The molecule has 0 aromatic heterocycles. The molecule has 0 bridgehead atoms. The highest BCUT2D eigenvalue weighted by Crippen LogP contribution is 2.25. The van der Waals surface area contributed by atoms with E-state index in [1.165, 1.54) is 0 Å². The Labute approximate surface area is 121 Å². The molecule has 4 nitrogen and oxygen atoms in total. The van der Waals surface area contributed by atoms with Gasteiger partial charge in [0.05, 0.1) is 6.10 Å². The number of aliphatic hydroxyl groups is 1. The van der Waals surface area contributed by atoms with Gasteiger partial charge in [0.25, 0.3) is 5.91 Å². The van der Waals surface area contributed by atoms with Gasteiger partial charge in [-0.25, -0.2) is 0 Å². The van der Waals surface area contributed by atoms with Crippen molar-refractivity contribution < 1.29 is 9.90 Å². The smallest absolute Gasteiger partial charge is 0.251 e. The molecule has 0 saturated heterocycles. The summed E-state index contributed by atoms with van der Waals surface area (Å²) in [6.07, 6.45) is 2.56. The van der Waals surface area contributed by atoms with Gasteiger partial charge in [0.1, 0.15) is 0 Å². The van der Waals surface area contributed by atoms with Crippen molar-refractivity contribution in [3.05, 3.63) is 27.7 Å². The Morgan fingerprint density at radius 2 is 2.26 bits per heavy atom. The fourth-order valence-electron chi connectivity index (χ4n) is 2.51. The monoisotopic (exact) mass is 326 g/mol. The average Bonchev–Trinajstić information content (AvgIpc) is 2.76. The molecule has 2 atom stereocenters. The number of carbonyl (C=O) groups excluding carboxylic acids is 1. The van der Waals surface area contributed by atoms with Crippen LogP contribution in [0.25, 0.3) is 0 Å². The van der Waals surface area contributed by atoms with Crippen molar-refractivity contribution >= 4 is 27.5 Å². The minimum Gasteiger partial charge on any atom is -0.398 e. The van der Waals surface area contributed by atoms with E-state index in [9.17, 15) is 9.90 Å². The van der Waals surface area contributed by atoms with Crippen molar-refractivity contribution in [1.29, 1.82) is 0 Å². The predicted octanol–water partition coefficient (Wildman–Crippen LogP) is 2.23. The first-order valence-electron chi connectivity index (χ1n) is 6.51. The topological polar surface area (TPSA) is 75.4 Å². The van der Waals surface area contributed by atoms with Crippen molar-refractivity contribution in [2.75, 3.05) is 12.3 Å². The Morgan fingerprint density at radius 1 is 1.53 bits per heavy atom. The van der Waals surface area contributed by atoms with Crippen LogP contribution >= 0.6 is 15.9 Å². The fraction of sp³-hybridized carbons (Fsp3) is 0.500. The standard InChI is InChI=1S/C14H19BrN2O2/c1-8-11(5-10(15)6-12(8)16)14(19)17-7-9-3-2-4-13(9)18/h5-6,9,13,18H,2-4,7,16H2,1H3,(H,17,19). The van der Waals surface area contributed by atoms with Crippen molar-refractivity contribution in [2.45, 2.75) is 32.3 Å². The number of rotatable bonds is 3. The molecule has 1 saturated carbocycles. The van der Waals surface area contributed by atoms with Crippen molar-refractivity contribution in [2.24, 2.45) is 5.92 Å². The summed E-state index contributed by atoms with van der Waals surface area (Å²) >= 11 is 3.34. The highest BCUT2D eigenvalue weighted by atomic mass is 79.9. The summed E-state index contributed by atoms with van der Waals surface area (Å²) in [6, 6.07) is 3.55. The number of hydrogen-bond donors (Lipinski definition) is 3. The largest absolute Gasteiger partial charge is 0.398 e. The summed E-state index contributed by atoms with van der Waals surface area (Å²) in [5.74, 6) is 0.0401. The van der Waals surface area contributed by atoms with E-state index >= 15 is 0 Å². The van der Waals surface area contributed by atoms with Crippen LogP contribution in [-0.4, -0.2) is 23.7 Å². The molecule has 1 aromatic rings. The van der Waals surface area contributed by atoms with Gasteiger partial charge in [-0.05, 0) is 37.5 Å². The molecule has 0 spiro atoms. The SMILES string of the molecule is Cc1c(N)cc(Br)cc1C(=O)NCC1CCCC1O. The number of nitrogens with two attached hydrogens (primary N) is 1. The normalized spacial score (nSPS) is 22.5. The molecule has 5 heteroatoms. The summed E-state index contributed by atoms with van der Waals surface area (Å²) in [5.41, 5.74) is 7.81. The lowest BCUT2D eigenvalue weighted by atomic mass is 10.0. The quantitative estimate of drug-likeness (QED) is 0.745. The number of carbonyl (C=O) groups is 1. The molecule has 1 amide bonds. The van der Waals surface area contributed by atoms with Crippen LogP contribution in [-0.2, 0) is 0 Å². The first-order chi connectivity index (χ1) is 8.99. The van der Waals surface area contributed by atoms with E-state index in [1.54, 1.807) is 12.1 Å². The molecular formula is C14H19BrN2O2. The molecular weight excluding hydrogens is 308 g/mol. The molecule has 1 fully saturated rings. The van der Waals surface area contributed by atoms with E-state index in [1.807, 2.05) is 6.92 Å². The molecule has 104 valence electrons. The van der Waals surface area contributed by atoms with Crippen LogP contribution in [0.1, 0.15) is 35.2 Å². The maximum Gasteiger partial charge on any atom is 0.251 e. The van der Waals surface area contributed by atoms with Gasteiger partial charge in [-0.2, -0.15) is 0 Å². The lowest BCUT2D eigenvalue weighted by Crippen LogP contribution is -2.32. The molecule has 1 aromatic carbocycles. The average molecular weight is 327 g/mol. The van der Waals surface area contributed by atoms with Gasteiger partial charge >= 0.3 is 0 Å². The lowest BCUT2D eigenvalue weighted by molar-refractivity contribution is 0.0916.